The molecule has 0 saturated heterocycles. The topological polar surface area (TPSA) is 21.3 Å². The van der Waals surface area contributed by atoms with E-state index in [1.54, 1.807) is 0 Å². The summed E-state index contributed by atoms with van der Waals surface area (Å²) in [6.45, 7) is 4.61. The Morgan fingerprint density at radius 1 is 1.35 bits per heavy atom. The molecule has 0 spiro atoms. The van der Waals surface area contributed by atoms with Crippen molar-refractivity contribution in [2.24, 2.45) is 0 Å². The maximum Gasteiger partial charge on any atom is 0.0466 e. The Hall–Kier alpha value is -0.570. The van der Waals surface area contributed by atoms with Gasteiger partial charge in [-0.2, -0.15) is 0 Å². The number of nitrogens with one attached hydrogen (secondary N) is 1. The minimum atomic E-state index is 0.467. The van der Waals surface area contributed by atoms with Crippen LogP contribution in [0.2, 0.25) is 5.02 Å². The van der Waals surface area contributed by atoms with Crippen molar-refractivity contribution in [3.8, 4) is 0 Å². The highest BCUT2D eigenvalue weighted by Gasteiger charge is 2.13. The lowest BCUT2D eigenvalue weighted by Crippen LogP contribution is -2.18. The lowest BCUT2D eigenvalue weighted by molar-refractivity contribution is 0.142. The van der Waals surface area contributed by atoms with Crippen LogP contribution < -0.4 is 5.32 Å². The zero-order valence-electron chi connectivity index (χ0n) is 10.7. The molecule has 0 aliphatic rings. The normalized spacial score (nSPS) is 12.6. The zero-order valence-corrected chi connectivity index (χ0v) is 11.5. The number of hydrogen-bond acceptors (Lipinski definition) is 2. The minimum Gasteiger partial charge on any atom is -0.382 e. The molecule has 0 aromatic heterocycles. The van der Waals surface area contributed by atoms with Crippen LogP contribution in [0.15, 0.2) is 24.3 Å². The van der Waals surface area contributed by atoms with Crippen LogP contribution in [0.4, 0.5) is 0 Å². The number of rotatable bonds is 8. The lowest BCUT2D eigenvalue weighted by atomic mass is 9.94. The number of benzene rings is 1. The van der Waals surface area contributed by atoms with Crippen LogP contribution in [0.1, 0.15) is 31.2 Å². The van der Waals surface area contributed by atoms with Gasteiger partial charge in [0.05, 0.1) is 0 Å². The third-order valence-electron chi connectivity index (χ3n) is 2.84. The van der Waals surface area contributed by atoms with Gasteiger partial charge in [-0.05, 0) is 44.4 Å². The van der Waals surface area contributed by atoms with Crippen LogP contribution >= 0.6 is 11.6 Å². The van der Waals surface area contributed by atoms with Crippen LogP contribution in [-0.4, -0.2) is 26.8 Å². The molecule has 0 radical (unpaired) electrons. The molecule has 1 aromatic carbocycles. The van der Waals surface area contributed by atoms with Crippen molar-refractivity contribution in [3.05, 3.63) is 34.9 Å². The monoisotopic (exact) mass is 255 g/mol. The lowest BCUT2D eigenvalue weighted by Gasteiger charge is -2.18. The van der Waals surface area contributed by atoms with E-state index in [0.717, 1.165) is 37.6 Å². The van der Waals surface area contributed by atoms with Crippen molar-refractivity contribution in [1.29, 1.82) is 0 Å². The Labute approximate surface area is 109 Å². The molecular formula is C14H22ClNO. The van der Waals surface area contributed by atoms with E-state index in [-0.39, 0.29) is 0 Å². The van der Waals surface area contributed by atoms with Gasteiger partial charge in [0, 0.05) is 24.8 Å². The van der Waals surface area contributed by atoms with E-state index >= 15 is 0 Å². The van der Waals surface area contributed by atoms with E-state index in [0.29, 0.717) is 5.92 Å². The molecule has 0 bridgehead atoms. The molecule has 0 saturated carbocycles. The minimum absolute atomic E-state index is 0.467. The number of halogens is 1. The number of hydrogen-bond donors (Lipinski definition) is 1. The molecule has 17 heavy (non-hydrogen) atoms. The summed E-state index contributed by atoms with van der Waals surface area (Å²) in [4.78, 5) is 0. The predicted molar refractivity (Wildman–Crippen MR) is 73.8 cm³/mol. The maximum absolute atomic E-state index is 6.24. The second kappa shape index (κ2) is 8.51. The summed E-state index contributed by atoms with van der Waals surface area (Å²) in [6.07, 6.45) is 2.18. The van der Waals surface area contributed by atoms with Gasteiger partial charge in [-0.1, -0.05) is 29.8 Å². The average Bonchev–Trinajstić information content (AvgIpc) is 2.34. The third-order valence-corrected chi connectivity index (χ3v) is 3.19. The van der Waals surface area contributed by atoms with Crippen LogP contribution in [0.3, 0.4) is 0 Å². The van der Waals surface area contributed by atoms with Gasteiger partial charge in [-0.15, -0.1) is 0 Å². The van der Waals surface area contributed by atoms with Crippen molar-refractivity contribution in [1.82, 2.24) is 5.32 Å². The van der Waals surface area contributed by atoms with Gasteiger partial charge < -0.3 is 10.1 Å². The second-order valence-electron chi connectivity index (χ2n) is 4.12. The summed E-state index contributed by atoms with van der Waals surface area (Å²) in [6, 6.07) is 8.10. The molecule has 0 aliphatic carbocycles. The van der Waals surface area contributed by atoms with Crippen molar-refractivity contribution >= 4 is 11.6 Å². The molecule has 0 fully saturated rings. The molecule has 1 N–H and O–H groups in total. The average molecular weight is 256 g/mol. The quantitative estimate of drug-likeness (QED) is 0.719. The summed E-state index contributed by atoms with van der Waals surface area (Å²) < 4.78 is 5.37. The van der Waals surface area contributed by atoms with Crippen molar-refractivity contribution in [2.75, 3.05) is 26.8 Å². The highest BCUT2D eigenvalue weighted by Crippen LogP contribution is 2.27. The highest BCUT2D eigenvalue weighted by molar-refractivity contribution is 6.31. The summed E-state index contributed by atoms with van der Waals surface area (Å²) >= 11 is 6.24. The van der Waals surface area contributed by atoms with Gasteiger partial charge >= 0.3 is 0 Å². The molecule has 96 valence electrons. The Bertz CT molecular complexity index is 317. The van der Waals surface area contributed by atoms with Crippen molar-refractivity contribution in [2.45, 2.75) is 25.7 Å². The van der Waals surface area contributed by atoms with Gasteiger partial charge in [0.1, 0.15) is 0 Å². The number of likely N-dealkylation sites (N-methyl/N-ethyl adjacent to an activating group) is 1. The van der Waals surface area contributed by atoms with Crippen LogP contribution in [0.25, 0.3) is 0 Å². The molecule has 0 aliphatic heterocycles. The summed E-state index contributed by atoms with van der Waals surface area (Å²) in [5, 5.41) is 4.10. The fraction of sp³-hybridized carbons (Fsp3) is 0.571. The Kier molecular flexibility index (Phi) is 7.25. The fourth-order valence-corrected chi connectivity index (χ4v) is 2.29. The largest absolute Gasteiger partial charge is 0.382 e. The first kappa shape index (κ1) is 14.5. The van der Waals surface area contributed by atoms with Gasteiger partial charge in [-0.25, -0.2) is 0 Å². The predicted octanol–water partition coefficient (Wildman–Crippen LogP) is 3.46. The van der Waals surface area contributed by atoms with Crippen LogP contribution in [0, 0.1) is 0 Å². The Morgan fingerprint density at radius 2 is 2.12 bits per heavy atom. The fourth-order valence-electron chi connectivity index (χ4n) is 2.00. The second-order valence-corrected chi connectivity index (χ2v) is 4.52. The van der Waals surface area contributed by atoms with Crippen LogP contribution in [0.5, 0.6) is 0 Å². The van der Waals surface area contributed by atoms with Gasteiger partial charge in [0.2, 0.25) is 0 Å². The molecule has 2 nitrogen and oxygen atoms in total. The van der Waals surface area contributed by atoms with E-state index in [9.17, 15) is 0 Å². The Morgan fingerprint density at radius 3 is 2.76 bits per heavy atom. The molecule has 1 rings (SSSR count). The maximum atomic E-state index is 6.24. The number of ether oxygens (including phenoxy) is 1. The zero-order chi connectivity index (χ0) is 12.5. The summed E-state index contributed by atoms with van der Waals surface area (Å²) in [5.41, 5.74) is 1.24. The van der Waals surface area contributed by atoms with E-state index in [4.69, 9.17) is 16.3 Å². The van der Waals surface area contributed by atoms with E-state index in [1.165, 1.54) is 5.56 Å². The molecular weight excluding hydrogens is 234 g/mol. The molecule has 1 atom stereocenters. The van der Waals surface area contributed by atoms with E-state index in [1.807, 2.05) is 32.2 Å². The highest BCUT2D eigenvalue weighted by atomic mass is 35.5. The smallest absolute Gasteiger partial charge is 0.0466 e. The molecule has 1 unspecified atom stereocenters. The third kappa shape index (κ3) is 5.07. The molecule has 0 heterocycles. The molecule has 3 heteroatoms. The first-order valence-corrected chi connectivity index (χ1v) is 6.64. The Balaban J connectivity index is 2.56. The van der Waals surface area contributed by atoms with Crippen molar-refractivity contribution in [3.63, 3.8) is 0 Å². The van der Waals surface area contributed by atoms with E-state index in [2.05, 4.69) is 11.4 Å². The van der Waals surface area contributed by atoms with Gasteiger partial charge in [0.25, 0.3) is 0 Å². The standard InChI is InChI=1S/C14H22ClNO/c1-3-17-10-6-7-12(11-16-2)13-8-4-5-9-14(13)15/h4-5,8-9,12,16H,3,6-7,10-11H2,1-2H3. The molecule has 0 amide bonds. The molecule has 1 aromatic rings. The van der Waals surface area contributed by atoms with Gasteiger partial charge in [-0.3, -0.25) is 0 Å². The summed E-state index contributed by atoms with van der Waals surface area (Å²) in [7, 11) is 1.98. The van der Waals surface area contributed by atoms with E-state index < -0.39 is 0 Å². The van der Waals surface area contributed by atoms with Gasteiger partial charge in [0.15, 0.2) is 0 Å². The summed E-state index contributed by atoms with van der Waals surface area (Å²) in [5.74, 6) is 0.467. The van der Waals surface area contributed by atoms with Crippen LogP contribution in [-0.2, 0) is 4.74 Å². The SMILES string of the molecule is CCOCCCC(CNC)c1ccccc1Cl. The first-order chi connectivity index (χ1) is 8.29. The van der Waals surface area contributed by atoms with Crippen molar-refractivity contribution < 1.29 is 4.74 Å². The first-order valence-electron chi connectivity index (χ1n) is 6.26.